The van der Waals surface area contributed by atoms with Crippen molar-refractivity contribution in [2.45, 2.75) is 37.2 Å². The van der Waals surface area contributed by atoms with E-state index in [1.807, 2.05) is 11.8 Å². The maximum absolute atomic E-state index is 13.1. The van der Waals surface area contributed by atoms with Crippen LogP contribution in [0.1, 0.15) is 33.6 Å². The van der Waals surface area contributed by atoms with Crippen molar-refractivity contribution >= 4 is 43.2 Å². The standard InChI is InChI=1S/C20H24BrN3O3S2/c1-14-2-6-17(29(26,27)22-15-3-4-15)12-18(14)20(25)24-10-8-23(9-11-24)13-16-5-7-19(21)28-16/h2,5-7,12,15,22H,3-4,8-11,13H2,1H3. The zero-order valence-electron chi connectivity index (χ0n) is 16.2. The lowest BCUT2D eigenvalue weighted by Gasteiger charge is -2.34. The number of nitrogens with zero attached hydrogens (tertiary/aromatic N) is 2. The number of hydrogen-bond donors (Lipinski definition) is 1. The van der Waals surface area contributed by atoms with Gasteiger partial charge in [-0.1, -0.05) is 6.07 Å². The van der Waals surface area contributed by atoms with Gasteiger partial charge >= 0.3 is 0 Å². The number of nitrogens with one attached hydrogen (secondary N) is 1. The van der Waals surface area contributed by atoms with Crippen molar-refractivity contribution in [2.24, 2.45) is 0 Å². The second-order valence-electron chi connectivity index (χ2n) is 7.65. The Morgan fingerprint density at radius 1 is 1.17 bits per heavy atom. The van der Waals surface area contributed by atoms with Crippen LogP contribution in [-0.4, -0.2) is 56.3 Å². The van der Waals surface area contributed by atoms with Crippen LogP contribution in [0, 0.1) is 6.92 Å². The Labute approximate surface area is 184 Å². The van der Waals surface area contributed by atoms with Gasteiger partial charge in [0.05, 0.1) is 8.68 Å². The number of thiophene rings is 1. The minimum atomic E-state index is -3.57. The minimum absolute atomic E-state index is 0.0394. The Hall–Kier alpha value is -1.26. The molecule has 1 aliphatic heterocycles. The molecule has 9 heteroatoms. The molecule has 2 aromatic rings. The molecule has 1 N–H and O–H groups in total. The Balaban J connectivity index is 1.42. The van der Waals surface area contributed by atoms with E-state index in [-0.39, 0.29) is 16.8 Å². The molecule has 29 heavy (non-hydrogen) atoms. The number of carbonyl (C=O) groups is 1. The Morgan fingerprint density at radius 3 is 2.52 bits per heavy atom. The second kappa shape index (κ2) is 8.47. The molecule has 0 unspecified atom stereocenters. The molecule has 1 saturated carbocycles. The van der Waals surface area contributed by atoms with E-state index in [1.54, 1.807) is 23.5 Å². The highest BCUT2D eigenvalue weighted by molar-refractivity contribution is 9.11. The lowest BCUT2D eigenvalue weighted by Crippen LogP contribution is -2.48. The number of benzene rings is 1. The van der Waals surface area contributed by atoms with Crippen LogP contribution in [0.4, 0.5) is 0 Å². The van der Waals surface area contributed by atoms with Crippen LogP contribution in [0.5, 0.6) is 0 Å². The summed E-state index contributed by atoms with van der Waals surface area (Å²) < 4.78 is 28.8. The molecule has 1 amide bonds. The summed E-state index contributed by atoms with van der Waals surface area (Å²) in [7, 11) is -3.57. The molecule has 6 nitrogen and oxygen atoms in total. The molecular formula is C20H24BrN3O3S2. The van der Waals surface area contributed by atoms with E-state index in [1.165, 1.54) is 10.9 Å². The molecule has 1 aromatic heterocycles. The van der Waals surface area contributed by atoms with Crippen molar-refractivity contribution in [3.63, 3.8) is 0 Å². The average molecular weight is 498 g/mol. The topological polar surface area (TPSA) is 69.7 Å². The monoisotopic (exact) mass is 497 g/mol. The fourth-order valence-corrected chi connectivity index (χ4v) is 6.28. The molecule has 0 spiro atoms. The Kier molecular flexibility index (Phi) is 6.13. The first-order valence-electron chi connectivity index (χ1n) is 9.71. The third-order valence-corrected chi connectivity index (χ3v) is 8.44. The third kappa shape index (κ3) is 5.08. The number of halogens is 1. The summed E-state index contributed by atoms with van der Waals surface area (Å²) in [5.41, 5.74) is 1.27. The zero-order chi connectivity index (χ0) is 20.6. The van der Waals surface area contributed by atoms with Gasteiger partial charge in [-0.15, -0.1) is 11.3 Å². The molecule has 0 atom stereocenters. The number of rotatable bonds is 6. The predicted octanol–water partition coefficient (Wildman–Crippen LogP) is 3.22. The van der Waals surface area contributed by atoms with Gasteiger partial charge in [-0.3, -0.25) is 9.69 Å². The van der Waals surface area contributed by atoms with E-state index in [4.69, 9.17) is 0 Å². The maximum atomic E-state index is 13.1. The van der Waals surface area contributed by atoms with Gasteiger partial charge in [-0.25, -0.2) is 13.1 Å². The summed E-state index contributed by atoms with van der Waals surface area (Å²) >= 11 is 5.23. The number of piperazine rings is 1. The van der Waals surface area contributed by atoms with Gasteiger partial charge in [0.25, 0.3) is 5.91 Å². The van der Waals surface area contributed by atoms with E-state index >= 15 is 0 Å². The highest BCUT2D eigenvalue weighted by Crippen LogP contribution is 2.25. The van der Waals surface area contributed by atoms with Crippen LogP contribution >= 0.6 is 27.3 Å². The SMILES string of the molecule is Cc1ccc(S(=O)(=O)NC2CC2)cc1C(=O)N1CCN(Cc2ccc(Br)s2)CC1. The van der Waals surface area contributed by atoms with E-state index in [2.05, 4.69) is 37.7 Å². The third-order valence-electron chi connectivity index (χ3n) is 5.32. The van der Waals surface area contributed by atoms with Crippen LogP contribution in [0.15, 0.2) is 39.0 Å². The molecule has 2 heterocycles. The molecule has 1 aliphatic carbocycles. The molecule has 2 fully saturated rings. The molecule has 1 aromatic carbocycles. The van der Waals surface area contributed by atoms with Crippen molar-refractivity contribution in [1.82, 2.24) is 14.5 Å². The smallest absolute Gasteiger partial charge is 0.254 e. The molecule has 156 valence electrons. The zero-order valence-corrected chi connectivity index (χ0v) is 19.4. The van der Waals surface area contributed by atoms with Gasteiger partial charge in [0.2, 0.25) is 10.0 Å². The first-order valence-corrected chi connectivity index (χ1v) is 12.8. The van der Waals surface area contributed by atoms with Crippen molar-refractivity contribution < 1.29 is 13.2 Å². The second-order valence-corrected chi connectivity index (χ2v) is 11.9. The van der Waals surface area contributed by atoms with Crippen LogP contribution < -0.4 is 4.72 Å². The molecule has 4 rings (SSSR count). The summed E-state index contributed by atoms with van der Waals surface area (Å²) in [6, 6.07) is 9.04. The lowest BCUT2D eigenvalue weighted by molar-refractivity contribution is 0.0628. The van der Waals surface area contributed by atoms with Gasteiger partial charge in [0, 0.05) is 49.2 Å². The highest BCUT2D eigenvalue weighted by Gasteiger charge is 2.29. The molecular weight excluding hydrogens is 474 g/mol. The van der Waals surface area contributed by atoms with Crippen LogP contribution in [0.25, 0.3) is 0 Å². The largest absolute Gasteiger partial charge is 0.336 e. The van der Waals surface area contributed by atoms with Crippen molar-refractivity contribution in [3.8, 4) is 0 Å². The van der Waals surface area contributed by atoms with Gasteiger partial charge in [0.15, 0.2) is 0 Å². The quantitative estimate of drug-likeness (QED) is 0.664. The highest BCUT2D eigenvalue weighted by atomic mass is 79.9. The fourth-order valence-electron chi connectivity index (χ4n) is 3.42. The van der Waals surface area contributed by atoms with Gasteiger partial charge in [-0.2, -0.15) is 0 Å². The first kappa shape index (κ1) is 21.0. The molecule has 1 saturated heterocycles. The molecule has 0 bridgehead atoms. The number of sulfonamides is 1. The van der Waals surface area contributed by atoms with E-state index in [9.17, 15) is 13.2 Å². The van der Waals surface area contributed by atoms with Crippen LogP contribution in [-0.2, 0) is 16.6 Å². The number of hydrogen-bond acceptors (Lipinski definition) is 5. The first-order chi connectivity index (χ1) is 13.8. The van der Waals surface area contributed by atoms with Crippen LogP contribution in [0.2, 0.25) is 0 Å². The Morgan fingerprint density at radius 2 is 1.90 bits per heavy atom. The number of carbonyl (C=O) groups excluding carboxylic acids is 1. The normalized spacial score (nSPS) is 18.2. The summed E-state index contributed by atoms with van der Waals surface area (Å²) in [5.74, 6) is -0.0931. The van der Waals surface area contributed by atoms with Crippen LogP contribution in [0.3, 0.4) is 0 Å². The van der Waals surface area contributed by atoms with E-state index < -0.39 is 10.0 Å². The number of aryl methyl sites for hydroxylation is 1. The minimum Gasteiger partial charge on any atom is -0.336 e. The average Bonchev–Trinajstić information content (AvgIpc) is 3.40. The van der Waals surface area contributed by atoms with Gasteiger partial charge in [-0.05, 0) is 65.5 Å². The number of amides is 1. The molecule has 0 radical (unpaired) electrons. The van der Waals surface area contributed by atoms with Crippen molar-refractivity contribution in [1.29, 1.82) is 0 Å². The van der Waals surface area contributed by atoms with Crippen molar-refractivity contribution in [2.75, 3.05) is 26.2 Å². The lowest BCUT2D eigenvalue weighted by atomic mass is 10.1. The summed E-state index contributed by atoms with van der Waals surface area (Å²) in [6.07, 6.45) is 1.76. The maximum Gasteiger partial charge on any atom is 0.254 e. The van der Waals surface area contributed by atoms with Gasteiger partial charge < -0.3 is 4.90 Å². The summed E-state index contributed by atoms with van der Waals surface area (Å²) in [5, 5.41) is 0. The Bertz CT molecular complexity index is 1010. The molecule has 2 aliphatic rings. The van der Waals surface area contributed by atoms with E-state index in [0.29, 0.717) is 18.7 Å². The van der Waals surface area contributed by atoms with Crippen molar-refractivity contribution in [3.05, 3.63) is 50.1 Å². The van der Waals surface area contributed by atoms with E-state index in [0.717, 1.165) is 41.8 Å². The summed E-state index contributed by atoms with van der Waals surface area (Å²) in [4.78, 5) is 18.7. The van der Waals surface area contributed by atoms with Gasteiger partial charge in [0.1, 0.15) is 0 Å². The fraction of sp³-hybridized carbons (Fsp3) is 0.450. The predicted molar refractivity (Wildman–Crippen MR) is 118 cm³/mol. The summed E-state index contributed by atoms with van der Waals surface area (Å²) in [6.45, 7) is 5.63.